The van der Waals surface area contributed by atoms with Crippen LogP contribution in [-0.4, -0.2) is 43.2 Å². The Morgan fingerprint density at radius 2 is 2.04 bits per heavy atom. The topological polar surface area (TPSA) is 79.4 Å². The van der Waals surface area contributed by atoms with Gasteiger partial charge in [-0.15, -0.1) is 11.3 Å². The number of piperidine rings is 1. The van der Waals surface area contributed by atoms with Crippen molar-refractivity contribution in [2.75, 3.05) is 19.6 Å². The number of halogens is 1. The minimum absolute atomic E-state index is 0.185. The largest absolute Gasteiger partial charge is 0.350 e. The number of carbonyl (C=O) groups is 1. The molecule has 2 heterocycles. The van der Waals surface area contributed by atoms with E-state index < -0.39 is 15.8 Å². The van der Waals surface area contributed by atoms with Crippen LogP contribution in [0, 0.1) is 11.7 Å². The van der Waals surface area contributed by atoms with Crippen LogP contribution in [0.3, 0.4) is 0 Å². The van der Waals surface area contributed by atoms with Crippen LogP contribution in [0.25, 0.3) is 0 Å². The average molecular weight is 397 g/mol. The van der Waals surface area contributed by atoms with Gasteiger partial charge in [0.1, 0.15) is 11.5 Å². The molecule has 1 N–H and O–H groups in total. The monoisotopic (exact) mass is 397 g/mol. The van der Waals surface area contributed by atoms with Gasteiger partial charge in [-0.25, -0.2) is 22.1 Å². The number of hydrogen-bond acceptors (Lipinski definition) is 5. The zero-order chi connectivity index (χ0) is 18.6. The Morgan fingerprint density at radius 1 is 1.31 bits per heavy atom. The van der Waals surface area contributed by atoms with E-state index in [9.17, 15) is 17.6 Å². The minimum Gasteiger partial charge on any atom is -0.350 e. The standard InChI is InChI=1S/C17H20FN3O3S2/c18-15-4-2-1-3-14(15)11-26(23,24)21-7-5-13(6-8-21)9-19-17(22)16-10-25-12-20-16/h1-4,10,12-13H,5-9,11H2,(H,19,22). The SMILES string of the molecule is O=C(NCC1CCN(S(=O)(=O)Cc2ccccc2F)CC1)c1cscn1. The van der Waals surface area contributed by atoms with Crippen molar-refractivity contribution >= 4 is 27.3 Å². The van der Waals surface area contributed by atoms with Crippen molar-refractivity contribution in [3.8, 4) is 0 Å². The lowest BCUT2D eigenvalue weighted by molar-refractivity contribution is 0.0937. The normalized spacial score (nSPS) is 16.5. The number of benzene rings is 1. The highest BCUT2D eigenvalue weighted by atomic mass is 32.2. The maximum Gasteiger partial charge on any atom is 0.270 e. The Hall–Kier alpha value is -1.84. The van der Waals surface area contributed by atoms with Crippen molar-refractivity contribution in [1.82, 2.24) is 14.6 Å². The van der Waals surface area contributed by atoms with E-state index >= 15 is 0 Å². The Labute approximate surface area is 156 Å². The molecular formula is C17H20FN3O3S2. The van der Waals surface area contributed by atoms with E-state index in [0.717, 1.165) is 0 Å². The van der Waals surface area contributed by atoms with E-state index in [2.05, 4.69) is 10.3 Å². The van der Waals surface area contributed by atoms with Crippen molar-refractivity contribution < 1.29 is 17.6 Å². The molecule has 26 heavy (non-hydrogen) atoms. The molecule has 0 atom stereocenters. The summed E-state index contributed by atoms with van der Waals surface area (Å²) in [6.07, 6.45) is 1.32. The molecule has 0 spiro atoms. The summed E-state index contributed by atoms with van der Waals surface area (Å²) in [5.41, 5.74) is 2.19. The number of hydrogen-bond donors (Lipinski definition) is 1. The lowest BCUT2D eigenvalue weighted by Crippen LogP contribution is -2.42. The average Bonchev–Trinajstić information content (AvgIpc) is 3.17. The Kier molecular flexibility index (Phi) is 6.00. The van der Waals surface area contributed by atoms with Crippen molar-refractivity contribution in [3.63, 3.8) is 0 Å². The summed E-state index contributed by atoms with van der Waals surface area (Å²) in [7, 11) is -3.55. The van der Waals surface area contributed by atoms with Crippen LogP contribution in [0.1, 0.15) is 28.9 Å². The van der Waals surface area contributed by atoms with E-state index in [-0.39, 0.29) is 23.1 Å². The molecule has 9 heteroatoms. The first-order valence-electron chi connectivity index (χ1n) is 8.33. The molecule has 1 aliphatic rings. The Bertz CT molecular complexity index is 848. The van der Waals surface area contributed by atoms with Gasteiger partial charge in [0.05, 0.1) is 11.3 Å². The first-order valence-corrected chi connectivity index (χ1v) is 10.9. The first kappa shape index (κ1) is 18.9. The number of nitrogens with one attached hydrogen (secondary N) is 1. The Morgan fingerprint density at radius 3 is 2.69 bits per heavy atom. The van der Waals surface area contributed by atoms with E-state index in [1.807, 2.05) is 0 Å². The molecule has 6 nitrogen and oxygen atoms in total. The number of carbonyl (C=O) groups excluding carboxylic acids is 1. The summed E-state index contributed by atoms with van der Waals surface area (Å²) < 4.78 is 40.2. The van der Waals surface area contributed by atoms with Crippen molar-refractivity contribution in [1.29, 1.82) is 0 Å². The van der Waals surface area contributed by atoms with E-state index in [0.29, 0.717) is 38.2 Å². The number of aromatic nitrogens is 1. The summed E-state index contributed by atoms with van der Waals surface area (Å²) in [6.45, 7) is 1.26. The lowest BCUT2D eigenvalue weighted by Gasteiger charge is -2.31. The molecule has 3 rings (SSSR count). The van der Waals surface area contributed by atoms with E-state index in [1.165, 1.54) is 33.8 Å². The van der Waals surface area contributed by atoms with Gasteiger partial charge in [0.15, 0.2) is 0 Å². The molecule has 140 valence electrons. The van der Waals surface area contributed by atoms with Gasteiger partial charge >= 0.3 is 0 Å². The summed E-state index contributed by atoms with van der Waals surface area (Å²) in [6, 6.07) is 5.93. The molecule has 0 aliphatic carbocycles. The maximum atomic E-state index is 13.7. The number of amides is 1. The highest BCUT2D eigenvalue weighted by molar-refractivity contribution is 7.88. The van der Waals surface area contributed by atoms with Gasteiger partial charge < -0.3 is 5.32 Å². The summed E-state index contributed by atoms with van der Waals surface area (Å²) in [5, 5.41) is 4.53. The molecular weight excluding hydrogens is 377 g/mol. The van der Waals surface area contributed by atoms with Crippen LogP contribution in [0.2, 0.25) is 0 Å². The second kappa shape index (κ2) is 8.24. The molecule has 1 aliphatic heterocycles. The second-order valence-corrected chi connectivity index (χ2v) is 8.96. The predicted octanol–water partition coefficient (Wildman–Crippen LogP) is 2.25. The van der Waals surface area contributed by atoms with Gasteiger partial charge in [-0.1, -0.05) is 18.2 Å². The molecule has 0 radical (unpaired) electrons. The van der Waals surface area contributed by atoms with Crippen LogP contribution in [0.4, 0.5) is 4.39 Å². The minimum atomic E-state index is -3.55. The van der Waals surface area contributed by atoms with Gasteiger partial charge in [-0.05, 0) is 24.8 Å². The third-order valence-corrected chi connectivity index (χ3v) is 6.89. The van der Waals surface area contributed by atoms with Crippen LogP contribution in [-0.2, 0) is 15.8 Å². The fraction of sp³-hybridized carbons (Fsp3) is 0.412. The number of nitrogens with zero attached hydrogens (tertiary/aromatic N) is 2. The van der Waals surface area contributed by atoms with Crippen LogP contribution < -0.4 is 5.32 Å². The zero-order valence-electron chi connectivity index (χ0n) is 14.1. The predicted molar refractivity (Wildman–Crippen MR) is 97.8 cm³/mol. The first-order chi connectivity index (χ1) is 12.5. The molecule has 1 saturated heterocycles. The van der Waals surface area contributed by atoms with Crippen molar-refractivity contribution in [2.45, 2.75) is 18.6 Å². The van der Waals surface area contributed by atoms with Crippen LogP contribution in [0.15, 0.2) is 35.2 Å². The van der Waals surface area contributed by atoms with E-state index in [4.69, 9.17) is 0 Å². The Balaban J connectivity index is 1.50. The van der Waals surface area contributed by atoms with Crippen LogP contribution >= 0.6 is 11.3 Å². The fourth-order valence-corrected chi connectivity index (χ4v) is 5.06. The molecule has 1 aromatic heterocycles. The summed E-state index contributed by atoms with van der Waals surface area (Å²) in [5.74, 6) is -0.820. The van der Waals surface area contributed by atoms with Gasteiger partial charge in [0.25, 0.3) is 5.91 Å². The highest BCUT2D eigenvalue weighted by Crippen LogP contribution is 2.22. The maximum absolute atomic E-state index is 13.7. The van der Waals surface area contributed by atoms with Gasteiger partial charge in [-0.3, -0.25) is 4.79 Å². The quantitative estimate of drug-likeness (QED) is 0.811. The fourth-order valence-electron chi connectivity index (χ4n) is 2.95. The molecule has 1 amide bonds. The molecule has 0 saturated carbocycles. The molecule has 1 fully saturated rings. The van der Waals surface area contributed by atoms with Gasteiger partial charge in [-0.2, -0.15) is 0 Å². The zero-order valence-corrected chi connectivity index (χ0v) is 15.7. The third-order valence-electron chi connectivity index (χ3n) is 4.48. The van der Waals surface area contributed by atoms with Crippen molar-refractivity contribution in [2.24, 2.45) is 5.92 Å². The summed E-state index contributed by atoms with van der Waals surface area (Å²) >= 11 is 1.36. The highest BCUT2D eigenvalue weighted by Gasteiger charge is 2.29. The van der Waals surface area contributed by atoms with Gasteiger partial charge in [0, 0.05) is 30.6 Å². The van der Waals surface area contributed by atoms with Crippen molar-refractivity contribution in [3.05, 3.63) is 52.2 Å². The molecule has 1 aromatic carbocycles. The molecule has 0 unspecified atom stereocenters. The number of sulfonamides is 1. The van der Waals surface area contributed by atoms with Crippen LogP contribution in [0.5, 0.6) is 0 Å². The number of rotatable bonds is 6. The van der Waals surface area contributed by atoms with E-state index in [1.54, 1.807) is 17.0 Å². The summed E-state index contributed by atoms with van der Waals surface area (Å²) in [4.78, 5) is 15.9. The van der Waals surface area contributed by atoms with Gasteiger partial charge in [0.2, 0.25) is 10.0 Å². The lowest BCUT2D eigenvalue weighted by atomic mass is 9.98. The number of thiazole rings is 1. The smallest absolute Gasteiger partial charge is 0.270 e. The second-order valence-electron chi connectivity index (χ2n) is 6.27. The third kappa shape index (κ3) is 4.66. The molecule has 0 bridgehead atoms. The molecule has 2 aromatic rings.